The van der Waals surface area contributed by atoms with Gasteiger partial charge in [0.05, 0.1) is 6.04 Å². The number of rotatable bonds is 7. The maximum absolute atomic E-state index is 11.7. The quantitative estimate of drug-likeness (QED) is 0.658. The Labute approximate surface area is 163 Å². The summed E-state index contributed by atoms with van der Waals surface area (Å²) in [6, 6.07) is 11.9. The van der Waals surface area contributed by atoms with E-state index in [4.69, 9.17) is 0 Å². The molecule has 0 saturated carbocycles. The first-order chi connectivity index (χ1) is 13.0. The highest BCUT2D eigenvalue weighted by Crippen LogP contribution is 2.28. The molecule has 140 valence electrons. The van der Waals surface area contributed by atoms with Gasteiger partial charge >= 0.3 is 0 Å². The van der Waals surface area contributed by atoms with E-state index in [9.17, 15) is 4.79 Å². The molecule has 0 aliphatic heterocycles. The van der Waals surface area contributed by atoms with Gasteiger partial charge in [-0.3, -0.25) is 9.78 Å². The summed E-state index contributed by atoms with van der Waals surface area (Å²) in [5.41, 5.74) is 4.24. The second kappa shape index (κ2) is 8.83. The molecule has 0 aliphatic carbocycles. The van der Waals surface area contributed by atoms with E-state index in [1.54, 1.807) is 0 Å². The lowest BCUT2D eigenvalue weighted by atomic mass is 10.1. The summed E-state index contributed by atoms with van der Waals surface area (Å²) in [7, 11) is 1.90. The van der Waals surface area contributed by atoms with Gasteiger partial charge in [-0.05, 0) is 31.7 Å². The summed E-state index contributed by atoms with van der Waals surface area (Å²) >= 11 is 1.50. The third kappa shape index (κ3) is 5.18. The molecule has 3 aromatic rings. The highest BCUT2D eigenvalue weighted by atomic mass is 32.1. The van der Waals surface area contributed by atoms with Crippen LogP contribution >= 0.6 is 11.3 Å². The second-order valence-corrected chi connectivity index (χ2v) is 7.47. The Morgan fingerprint density at radius 1 is 1.22 bits per heavy atom. The number of aryl methyl sites for hydroxylation is 1. The van der Waals surface area contributed by atoms with Crippen LogP contribution in [0.25, 0.3) is 10.6 Å². The normalized spacial score (nSPS) is 12.0. The lowest BCUT2D eigenvalue weighted by Crippen LogP contribution is -2.27. The van der Waals surface area contributed by atoms with Crippen LogP contribution < -0.4 is 10.6 Å². The Kier molecular flexibility index (Phi) is 6.26. The molecule has 6 nitrogen and oxygen atoms in total. The third-order valence-electron chi connectivity index (χ3n) is 4.06. The van der Waals surface area contributed by atoms with Gasteiger partial charge in [0.15, 0.2) is 0 Å². The van der Waals surface area contributed by atoms with Crippen molar-refractivity contribution in [1.82, 2.24) is 25.8 Å². The van der Waals surface area contributed by atoms with E-state index < -0.39 is 0 Å². The maximum Gasteiger partial charge on any atom is 0.217 e. The maximum atomic E-state index is 11.7. The zero-order chi connectivity index (χ0) is 19.2. The fourth-order valence-corrected chi connectivity index (χ4v) is 3.70. The number of nitrogens with zero attached hydrogens (tertiary/aromatic N) is 3. The van der Waals surface area contributed by atoms with E-state index in [1.165, 1.54) is 23.8 Å². The van der Waals surface area contributed by atoms with Gasteiger partial charge < -0.3 is 10.6 Å². The number of hydrogen-bond donors (Lipinski definition) is 2. The number of pyridine rings is 1. The topological polar surface area (TPSA) is 79.8 Å². The molecule has 2 aromatic heterocycles. The molecule has 0 bridgehead atoms. The minimum atomic E-state index is -0.249. The minimum Gasteiger partial charge on any atom is -0.347 e. The molecule has 1 amide bonds. The molecule has 2 heterocycles. The Morgan fingerprint density at radius 3 is 2.74 bits per heavy atom. The van der Waals surface area contributed by atoms with Crippen LogP contribution in [0, 0.1) is 6.92 Å². The molecule has 0 aliphatic rings. The van der Waals surface area contributed by atoms with Crippen molar-refractivity contribution >= 4 is 17.2 Å². The van der Waals surface area contributed by atoms with Gasteiger partial charge in [-0.15, -0.1) is 10.2 Å². The number of carbonyl (C=O) groups is 1. The van der Waals surface area contributed by atoms with Gasteiger partial charge in [0.1, 0.15) is 10.0 Å². The third-order valence-corrected chi connectivity index (χ3v) is 5.15. The van der Waals surface area contributed by atoms with Crippen molar-refractivity contribution < 1.29 is 4.79 Å². The van der Waals surface area contributed by atoms with Gasteiger partial charge in [0.25, 0.3) is 0 Å². The molecule has 0 radical (unpaired) electrons. The summed E-state index contributed by atoms with van der Waals surface area (Å²) in [5.74, 6) is -0.0980. The molecule has 0 spiro atoms. The summed E-state index contributed by atoms with van der Waals surface area (Å²) in [5, 5.41) is 16.4. The summed E-state index contributed by atoms with van der Waals surface area (Å²) in [6.45, 7) is 4.34. The smallest absolute Gasteiger partial charge is 0.217 e. The van der Waals surface area contributed by atoms with Gasteiger partial charge in [-0.25, -0.2) is 0 Å². The lowest BCUT2D eigenvalue weighted by molar-refractivity contribution is -0.119. The predicted molar refractivity (Wildman–Crippen MR) is 107 cm³/mol. The number of benzene rings is 1. The number of hydrogen-bond acceptors (Lipinski definition) is 6. The van der Waals surface area contributed by atoms with Crippen molar-refractivity contribution in [2.45, 2.75) is 32.9 Å². The zero-order valence-corrected chi connectivity index (χ0v) is 16.5. The van der Waals surface area contributed by atoms with Crippen LogP contribution in [0.3, 0.4) is 0 Å². The fraction of sp³-hybridized carbons (Fsp3) is 0.300. The molecule has 27 heavy (non-hydrogen) atoms. The Balaban J connectivity index is 1.81. The Bertz CT molecular complexity index is 907. The van der Waals surface area contributed by atoms with Gasteiger partial charge in [0.2, 0.25) is 5.91 Å². The van der Waals surface area contributed by atoms with E-state index in [1.807, 2.05) is 37.5 Å². The van der Waals surface area contributed by atoms with Crippen LogP contribution in [0.1, 0.15) is 34.8 Å². The average Bonchev–Trinajstić information content (AvgIpc) is 3.13. The number of nitrogens with one attached hydrogen (secondary N) is 2. The molecular weight excluding hydrogens is 358 g/mol. The van der Waals surface area contributed by atoms with Crippen LogP contribution in [0.4, 0.5) is 0 Å². The van der Waals surface area contributed by atoms with Crippen LogP contribution in [0.2, 0.25) is 0 Å². The number of carbonyl (C=O) groups excluding carboxylic acids is 1. The first-order valence-corrected chi connectivity index (χ1v) is 9.62. The molecule has 3 rings (SSSR count). The fourth-order valence-electron chi connectivity index (χ4n) is 2.81. The van der Waals surface area contributed by atoms with Crippen molar-refractivity contribution in [2.75, 3.05) is 7.05 Å². The molecule has 1 atom stereocenters. The standard InChI is InChI=1S/C20H23N5OS/c1-13-5-4-6-16(9-13)19-24-25-20(27-19)18(23-14(2)26)10-17-8-7-15(11-21-3)12-22-17/h4-9,12,18,21H,10-11H2,1-3H3,(H,23,26). The van der Waals surface area contributed by atoms with Crippen molar-refractivity contribution in [3.8, 4) is 10.6 Å². The van der Waals surface area contributed by atoms with Crippen LogP contribution in [0.15, 0.2) is 42.6 Å². The van der Waals surface area contributed by atoms with Crippen molar-refractivity contribution in [3.05, 3.63) is 64.4 Å². The molecule has 0 saturated heterocycles. The summed E-state index contributed by atoms with van der Waals surface area (Å²) in [4.78, 5) is 16.2. The highest BCUT2D eigenvalue weighted by molar-refractivity contribution is 7.14. The first-order valence-electron chi connectivity index (χ1n) is 8.81. The van der Waals surface area contributed by atoms with E-state index >= 15 is 0 Å². The zero-order valence-electron chi connectivity index (χ0n) is 15.7. The lowest BCUT2D eigenvalue weighted by Gasteiger charge is -2.14. The van der Waals surface area contributed by atoms with Crippen LogP contribution in [-0.2, 0) is 17.8 Å². The van der Waals surface area contributed by atoms with Crippen molar-refractivity contribution in [2.24, 2.45) is 0 Å². The molecule has 1 aromatic carbocycles. The SMILES string of the molecule is CNCc1ccc(CC(NC(C)=O)c2nnc(-c3cccc(C)c3)s2)nc1. The second-order valence-electron chi connectivity index (χ2n) is 6.46. The number of amides is 1. The van der Waals surface area contributed by atoms with Gasteiger partial charge in [0, 0.05) is 37.3 Å². The van der Waals surface area contributed by atoms with E-state index in [0.29, 0.717) is 6.42 Å². The first kappa shape index (κ1) is 19.1. The van der Waals surface area contributed by atoms with E-state index in [2.05, 4.69) is 44.9 Å². The van der Waals surface area contributed by atoms with E-state index in [0.717, 1.165) is 33.4 Å². The van der Waals surface area contributed by atoms with Gasteiger partial charge in [-0.1, -0.05) is 41.2 Å². The van der Waals surface area contributed by atoms with Crippen molar-refractivity contribution in [3.63, 3.8) is 0 Å². The monoisotopic (exact) mass is 381 g/mol. The molecule has 1 unspecified atom stereocenters. The van der Waals surface area contributed by atoms with Crippen LogP contribution in [-0.4, -0.2) is 28.1 Å². The molecule has 2 N–H and O–H groups in total. The predicted octanol–water partition coefficient (Wildman–Crippen LogP) is 3.05. The molecule has 7 heteroatoms. The van der Waals surface area contributed by atoms with Crippen molar-refractivity contribution in [1.29, 1.82) is 0 Å². The van der Waals surface area contributed by atoms with E-state index in [-0.39, 0.29) is 11.9 Å². The minimum absolute atomic E-state index is 0.0980. The largest absolute Gasteiger partial charge is 0.347 e. The Hall–Kier alpha value is -2.64. The van der Waals surface area contributed by atoms with Gasteiger partial charge in [-0.2, -0.15) is 0 Å². The summed E-state index contributed by atoms with van der Waals surface area (Å²) in [6.07, 6.45) is 2.43. The Morgan fingerprint density at radius 2 is 2.07 bits per heavy atom. The molecular formula is C20H23N5OS. The number of aromatic nitrogens is 3. The average molecular weight is 382 g/mol. The summed E-state index contributed by atoms with van der Waals surface area (Å²) < 4.78 is 0. The van der Waals surface area contributed by atoms with Crippen LogP contribution in [0.5, 0.6) is 0 Å². The highest BCUT2D eigenvalue weighted by Gasteiger charge is 2.20. The molecule has 0 fully saturated rings.